The summed E-state index contributed by atoms with van der Waals surface area (Å²) in [6.45, 7) is 1.96. The number of ether oxygens (including phenoxy) is 2. The summed E-state index contributed by atoms with van der Waals surface area (Å²) in [5.41, 5.74) is 0. The fourth-order valence-corrected chi connectivity index (χ4v) is 0.327. The van der Waals surface area contributed by atoms with E-state index in [9.17, 15) is 4.79 Å². The zero-order valence-electron chi connectivity index (χ0n) is 5.46. The molecule has 0 amide bonds. The van der Waals surface area contributed by atoms with Crippen molar-refractivity contribution in [3.63, 3.8) is 0 Å². The molecule has 0 aliphatic carbocycles. The Bertz CT molecular complexity index is 91.0. The molecule has 0 aliphatic rings. The molecule has 4 nitrogen and oxygen atoms in total. The third-order valence-corrected chi connectivity index (χ3v) is 0.727. The standard InChI is InChI=1S/C5H10O4/c1-3-9-5(7)4(6)8-2/h5,7H,3H2,1-2H3. The molecule has 0 heterocycles. The van der Waals surface area contributed by atoms with E-state index in [0.717, 1.165) is 0 Å². The molecular weight excluding hydrogens is 124 g/mol. The molecule has 0 aliphatic heterocycles. The van der Waals surface area contributed by atoms with Gasteiger partial charge in [-0.3, -0.25) is 0 Å². The second-order valence-corrected chi connectivity index (χ2v) is 1.33. The van der Waals surface area contributed by atoms with Crippen molar-refractivity contribution >= 4 is 5.97 Å². The average molecular weight is 134 g/mol. The van der Waals surface area contributed by atoms with E-state index in [2.05, 4.69) is 9.47 Å². The average Bonchev–Trinajstić information content (AvgIpc) is 1.87. The van der Waals surface area contributed by atoms with Crippen LogP contribution in [0.3, 0.4) is 0 Å². The van der Waals surface area contributed by atoms with Crippen LogP contribution in [0.5, 0.6) is 0 Å². The third kappa shape index (κ3) is 3.05. The lowest BCUT2D eigenvalue weighted by molar-refractivity contribution is -0.179. The molecule has 54 valence electrons. The molecule has 0 bridgehead atoms. The van der Waals surface area contributed by atoms with Crippen LogP contribution in [0.15, 0.2) is 0 Å². The maximum absolute atomic E-state index is 10.3. The summed E-state index contributed by atoms with van der Waals surface area (Å²) >= 11 is 0. The Kier molecular flexibility index (Phi) is 4.00. The van der Waals surface area contributed by atoms with Crippen molar-refractivity contribution in [1.29, 1.82) is 0 Å². The Labute approximate surface area is 53.4 Å². The third-order valence-electron chi connectivity index (χ3n) is 0.727. The van der Waals surface area contributed by atoms with Crippen LogP contribution in [0.2, 0.25) is 0 Å². The van der Waals surface area contributed by atoms with Crippen LogP contribution in [0.1, 0.15) is 6.92 Å². The molecule has 0 aromatic carbocycles. The molecule has 0 aromatic heterocycles. The Morgan fingerprint density at radius 3 is 2.67 bits per heavy atom. The molecule has 0 saturated carbocycles. The van der Waals surface area contributed by atoms with Crippen molar-refractivity contribution in [3.8, 4) is 0 Å². The summed E-state index contributed by atoms with van der Waals surface area (Å²) in [5.74, 6) is -0.767. The van der Waals surface area contributed by atoms with E-state index in [1.165, 1.54) is 7.11 Å². The smallest absolute Gasteiger partial charge is 0.363 e. The first-order valence-corrected chi connectivity index (χ1v) is 2.59. The first-order valence-electron chi connectivity index (χ1n) is 2.59. The second-order valence-electron chi connectivity index (χ2n) is 1.33. The van der Waals surface area contributed by atoms with E-state index in [4.69, 9.17) is 5.11 Å². The van der Waals surface area contributed by atoms with Gasteiger partial charge < -0.3 is 14.6 Å². The Morgan fingerprint density at radius 2 is 2.33 bits per heavy atom. The van der Waals surface area contributed by atoms with Crippen LogP contribution in [0, 0.1) is 0 Å². The van der Waals surface area contributed by atoms with Gasteiger partial charge in [-0.2, -0.15) is 0 Å². The summed E-state index contributed by atoms with van der Waals surface area (Å²) in [5, 5.41) is 8.62. The van der Waals surface area contributed by atoms with E-state index in [1.54, 1.807) is 6.92 Å². The number of hydrogen-bond donors (Lipinski definition) is 1. The topological polar surface area (TPSA) is 55.8 Å². The summed E-state index contributed by atoms with van der Waals surface area (Å²) in [7, 11) is 1.19. The minimum atomic E-state index is -1.43. The van der Waals surface area contributed by atoms with Gasteiger partial charge in [-0.15, -0.1) is 0 Å². The number of methoxy groups -OCH3 is 1. The minimum absolute atomic E-state index is 0.288. The van der Waals surface area contributed by atoms with Crippen LogP contribution in [0.4, 0.5) is 0 Å². The largest absolute Gasteiger partial charge is 0.465 e. The van der Waals surface area contributed by atoms with Crippen molar-refractivity contribution in [2.45, 2.75) is 13.2 Å². The number of carbonyl (C=O) groups excluding carboxylic acids is 1. The molecular formula is C5H10O4. The predicted octanol–water partition coefficient (Wildman–Crippen LogP) is -0.486. The summed E-state index contributed by atoms with van der Waals surface area (Å²) in [6, 6.07) is 0. The molecule has 0 fully saturated rings. The zero-order valence-corrected chi connectivity index (χ0v) is 5.46. The molecule has 0 saturated heterocycles. The van der Waals surface area contributed by atoms with Crippen molar-refractivity contribution in [3.05, 3.63) is 0 Å². The maximum atomic E-state index is 10.3. The number of aliphatic hydroxyl groups excluding tert-OH is 1. The van der Waals surface area contributed by atoms with Crippen LogP contribution < -0.4 is 0 Å². The summed E-state index contributed by atoms with van der Waals surface area (Å²) in [6.07, 6.45) is -1.43. The lowest BCUT2D eigenvalue weighted by Crippen LogP contribution is -2.24. The first-order chi connectivity index (χ1) is 4.22. The predicted molar refractivity (Wildman–Crippen MR) is 29.6 cm³/mol. The number of rotatable bonds is 3. The van der Waals surface area contributed by atoms with Gasteiger partial charge in [0.15, 0.2) is 0 Å². The van der Waals surface area contributed by atoms with Crippen LogP contribution in [-0.4, -0.2) is 31.1 Å². The number of esters is 1. The molecule has 0 radical (unpaired) electrons. The van der Waals surface area contributed by atoms with Gasteiger partial charge in [0.05, 0.1) is 7.11 Å². The maximum Gasteiger partial charge on any atom is 0.363 e. The van der Waals surface area contributed by atoms with E-state index < -0.39 is 12.3 Å². The van der Waals surface area contributed by atoms with Gasteiger partial charge in [0.2, 0.25) is 0 Å². The quantitative estimate of drug-likeness (QED) is 0.418. The van der Waals surface area contributed by atoms with E-state index in [-0.39, 0.29) is 6.61 Å². The minimum Gasteiger partial charge on any atom is -0.465 e. The molecule has 0 rings (SSSR count). The van der Waals surface area contributed by atoms with Gasteiger partial charge in [0.1, 0.15) is 0 Å². The van der Waals surface area contributed by atoms with Crippen LogP contribution >= 0.6 is 0 Å². The monoisotopic (exact) mass is 134 g/mol. The van der Waals surface area contributed by atoms with Crippen LogP contribution in [0.25, 0.3) is 0 Å². The second kappa shape index (κ2) is 4.29. The van der Waals surface area contributed by atoms with Gasteiger partial charge >= 0.3 is 5.97 Å². The van der Waals surface area contributed by atoms with Crippen molar-refractivity contribution < 1.29 is 19.4 Å². The first kappa shape index (κ1) is 8.39. The Morgan fingerprint density at radius 1 is 1.78 bits per heavy atom. The summed E-state index contributed by atoms with van der Waals surface area (Å²) in [4.78, 5) is 10.3. The van der Waals surface area contributed by atoms with Gasteiger partial charge in [-0.05, 0) is 6.92 Å². The lowest BCUT2D eigenvalue weighted by Gasteiger charge is -2.05. The number of carbonyl (C=O) groups is 1. The highest BCUT2D eigenvalue weighted by molar-refractivity contribution is 5.72. The molecule has 0 aromatic rings. The van der Waals surface area contributed by atoms with Crippen molar-refractivity contribution in [2.24, 2.45) is 0 Å². The molecule has 1 unspecified atom stereocenters. The fraction of sp³-hybridized carbons (Fsp3) is 0.800. The fourth-order valence-electron chi connectivity index (χ4n) is 0.327. The van der Waals surface area contributed by atoms with E-state index in [1.807, 2.05) is 0 Å². The highest BCUT2D eigenvalue weighted by Gasteiger charge is 2.13. The zero-order chi connectivity index (χ0) is 7.28. The summed E-state index contributed by atoms with van der Waals surface area (Å²) < 4.78 is 8.63. The Hall–Kier alpha value is -0.610. The van der Waals surface area contributed by atoms with Gasteiger partial charge in [0, 0.05) is 6.61 Å². The highest BCUT2D eigenvalue weighted by Crippen LogP contribution is 1.87. The normalized spacial score (nSPS) is 12.8. The molecule has 4 heteroatoms. The molecule has 9 heavy (non-hydrogen) atoms. The van der Waals surface area contributed by atoms with Gasteiger partial charge in [-0.1, -0.05) is 0 Å². The number of aliphatic hydroxyl groups is 1. The molecule has 1 N–H and O–H groups in total. The van der Waals surface area contributed by atoms with E-state index >= 15 is 0 Å². The number of hydrogen-bond acceptors (Lipinski definition) is 4. The van der Waals surface area contributed by atoms with E-state index in [0.29, 0.717) is 0 Å². The van der Waals surface area contributed by atoms with Crippen molar-refractivity contribution in [2.75, 3.05) is 13.7 Å². The van der Waals surface area contributed by atoms with Crippen molar-refractivity contribution in [1.82, 2.24) is 0 Å². The van der Waals surface area contributed by atoms with Gasteiger partial charge in [-0.25, -0.2) is 4.79 Å². The Balaban J connectivity index is 3.45. The molecule has 0 spiro atoms. The highest BCUT2D eigenvalue weighted by atomic mass is 16.6. The van der Waals surface area contributed by atoms with Gasteiger partial charge in [0.25, 0.3) is 6.29 Å². The SMILES string of the molecule is CCOC(O)C(=O)OC. The van der Waals surface area contributed by atoms with Crippen LogP contribution in [-0.2, 0) is 14.3 Å². The molecule has 1 atom stereocenters. The lowest BCUT2D eigenvalue weighted by atomic mass is 10.6.